The Hall–Kier alpha value is -0.0400. The maximum atomic E-state index is 3.29. The van der Waals surface area contributed by atoms with Crippen LogP contribution in [0.2, 0.25) is 0 Å². The lowest BCUT2D eigenvalue weighted by Gasteiger charge is -1.83. The minimum atomic E-state index is 0.943. The monoisotopic (exact) mass is 174 g/mol. The van der Waals surface area contributed by atoms with E-state index in [0.29, 0.717) is 0 Å². The number of rotatable bonds is 2. The summed E-state index contributed by atoms with van der Waals surface area (Å²) in [4.78, 5) is 0. The van der Waals surface area contributed by atoms with Gasteiger partial charge in [-0.3, -0.25) is 0 Å². The lowest BCUT2D eigenvalue weighted by molar-refractivity contribution is 1.47. The molecule has 0 aliphatic heterocycles. The van der Waals surface area contributed by atoms with E-state index >= 15 is 0 Å². The summed E-state index contributed by atoms with van der Waals surface area (Å²) in [7, 11) is 0. The Bertz CT molecular complexity index is 101. The summed E-state index contributed by atoms with van der Waals surface area (Å²) in [6, 6.07) is 0. The molecule has 0 aromatic rings. The van der Waals surface area contributed by atoms with Gasteiger partial charge in [-0.15, -0.1) is 0 Å². The molecule has 0 atom stereocenters. The van der Waals surface area contributed by atoms with Gasteiger partial charge in [-0.05, 0) is 13.8 Å². The standard InChI is InChI=1S/C7H11Br/c1-3-7(2)5-4-6-8/h3-5H,6H2,1-2H3/b5-4-,7-3-. The van der Waals surface area contributed by atoms with E-state index in [-0.39, 0.29) is 0 Å². The van der Waals surface area contributed by atoms with E-state index in [1.807, 2.05) is 6.92 Å². The number of hydrogen-bond donors (Lipinski definition) is 0. The molecule has 0 saturated carbocycles. The summed E-state index contributed by atoms with van der Waals surface area (Å²) in [5.74, 6) is 0. The maximum Gasteiger partial charge on any atom is 0.0215 e. The number of allylic oxidation sites excluding steroid dienone is 4. The Morgan fingerprint density at radius 2 is 2.25 bits per heavy atom. The molecule has 0 rings (SSSR count). The van der Waals surface area contributed by atoms with Gasteiger partial charge in [-0.1, -0.05) is 39.7 Å². The van der Waals surface area contributed by atoms with Crippen molar-refractivity contribution < 1.29 is 0 Å². The van der Waals surface area contributed by atoms with Gasteiger partial charge in [0.05, 0.1) is 0 Å². The summed E-state index contributed by atoms with van der Waals surface area (Å²) in [6.45, 7) is 4.12. The van der Waals surface area contributed by atoms with Crippen LogP contribution in [-0.2, 0) is 0 Å². The smallest absolute Gasteiger partial charge is 0.0215 e. The Morgan fingerprint density at radius 1 is 1.62 bits per heavy atom. The van der Waals surface area contributed by atoms with Crippen LogP contribution < -0.4 is 0 Å². The van der Waals surface area contributed by atoms with Crippen LogP contribution in [0.3, 0.4) is 0 Å². The molecule has 8 heavy (non-hydrogen) atoms. The average Bonchev–Trinajstić information content (AvgIpc) is 1.83. The van der Waals surface area contributed by atoms with Crippen molar-refractivity contribution in [1.29, 1.82) is 0 Å². The zero-order valence-electron chi connectivity index (χ0n) is 5.32. The van der Waals surface area contributed by atoms with Crippen LogP contribution in [0.4, 0.5) is 0 Å². The zero-order chi connectivity index (χ0) is 6.41. The Kier molecular flexibility index (Phi) is 5.08. The molecule has 0 amide bonds. The highest BCUT2D eigenvalue weighted by molar-refractivity contribution is 9.09. The van der Waals surface area contributed by atoms with E-state index in [4.69, 9.17) is 0 Å². The highest BCUT2D eigenvalue weighted by Crippen LogP contribution is 1.93. The molecule has 0 aliphatic rings. The molecule has 0 aromatic carbocycles. The van der Waals surface area contributed by atoms with E-state index < -0.39 is 0 Å². The van der Waals surface area contributed by atoms with Crippen molar-refractivity contribution >= 4 is 15.9 Å². The summed E-state index contributed by atoms with van der Waals surface area (Å²) >= 11 is 3.29. The molecule has 0 heterocycles. The SMILES string of the molecule is C/C=C(C)\C=C/CBr. The lowest BCUT2D eigenvalue weighted by Crippen LogP contribution is -1.64. The topological polar surface area (TPSA) is 0 Å². The quantitative estimate of drug-likeness (QED) is 0.447. The van der Waals surface area contributed by atoms with Crippen molar-refractivity contribution in [3.05, 3.63) is 23.8 Å². The van der Waals surface area contributed by atoms with Crippen LogP contribution in [0.15, 0.2) is 23.8 Å². The molecular formula is C7H11Br. The van der Waals surface area contributed by atoms with Crippen LogP contribution >= 0.6 is 15.9 Å². The van der Waals surface area contributed by atoms with Crippen molar-refractivity contribution in [2.24, 2.45) is 0 Å². The number of hydrogen-bond acceptors (Lipinski definition) is 0. The van der Waals surface area contributed by atoms with Crippen LogP contribution in [0.25, 0.3) is 0 Å². The molecule has 0 N–H and O–H groups in total. The van der Waals surface area contributed by atoms with E-state index in [1.54, 1.807) is 0 Å². The first-order valence-electron chi connectivity index (χ1n) is 2.66. The van der Waals surface area contributed by atoms with Crippen LogP contribution in [0.1, 0.15) is 13.8 Å². The fourth-order valence-corrected chi connectivity index (χ4v) is 0.514. The van der Waals surface area contributed by atoms with Gasteiger partial charge in [0.15, 0.2) is 0 Å². The van der Waals surface area contributed by atoms with Crippen LogP contribution in [0, 0.1) is 0 Å². The maximum absolute atomic E-state index is 3.29. The van der Waals surface area contributed by atoms with Gasteiger partial charge in [0.25, 0.3) is 0 Å². The first-order valence-corrected chi connectivity index (χ1v) is 3.79. The first-order chi connectivity index (χ1) is 3.81. The summed E-state index contributed by atoms with van der Waals surface area (Å²) < 4.78 is 0. The van der Waals surface area contributed by atoms with Gasteiger partial charge in [-0.25, -0.2) is 0 Å². The van der Waals surface area contributed by atoms with Gasteiger partial charge in [0, 0.05) is 5.33 Å². The highest BCUT2D eigenvalue weighted by Gasteiger charge is 1.72. The molecular weight excluding hydrogens is 164 g/mol. The molecule has 0 spiro atoms. The molecule has 0 unspecified atom stereocenters. The Balaban J connectivity index is 3.53. The lowest BCUT2D eigenvalue weighted by atomic mass is 10.3. The van der Waals surface area contributed by atoms with Crippen molar-refractivity contribution in [2.75, 3.05) is 5.33 Å². The molecule has 0 nitrogen and oxygen atoms in total. The fraction of sp³-hybridized carbons (Fsp3) is 0.429. The molecule has 0 radical (unpaired) electrons. The second-order valence-corrected chi connectivity index (χ2v) is 2.24. The van der Waals surface area contributed by atoms with E-state index in [9.17, 15) is 0 Å². The fourth-order valence-electron chi connectivity index (χ4n) is 0.327. The van der Waals surface area contributed by atoms with Gasteiger partial charge >= 0.3 is 0 Å². The number of halogens is 1. The zero-order valence-corrected chi connectivity index (χ0v) is 6.90. The number of alkyl halides is 1. The van der Waals surface area contributed by atoms with E-state index in [0.717, 1.165) is 5.33 Å². The van der Waals surface area contributed by atoms with Crippen molar-refractivity contribution in [3.63, 3.8) is 0 Å². The van der Waals surface area contributed by atoms with Gasteiger partial charge in [0.1, 0.15) is 0 Å². The van der Waals surface area contributed by atoms with Gasteiger partial charge < -0.3 is 0 Å². The predicted molar refractivity (Wildman–Crippen MR) is 42.4 cm³/mol. The summed E-state index contributed by atoms with van der Waals surface area (Å²) in [6.07, 6.45) is 6.25. The van der Waals surface area contributed by atoms with E-state index in [2.05, 4.69) is 41.1 Å². The molecule has 1 heteroatoms. The van der Waals surface area contributed by atoms with Crippen LogP contribution in [-0.4, -0.2) is 5.33 Å². The van der Waals surface area contributed by atoms with E-state index in [1.165, 1.54) is 5.57 Å². The first kappa shape index (κ1) is 7.96. The molecule has 46 valence electrons. The predicted octanol–water partition coefficient (Wildman–Crippen LogP) is 2.90. The Labute approximate surface area is 59.4 Å². The summed E-state index contributed by atoms with van der Waals surface area (Å²) in [5.41, 5.74) is 1.31. The molecule has 0 fully saturated rings. The third-order valence-corrected chi connectivity index (χ3v) is 1.30. The third-order valence-electron chi connectivity index (χ3n) is 0.925. The molecule has 0 saturated heterocycles. The summed E-state index contributed by atoms with van der Waals surface area (Å²) in [5, 5.41) is 0.943. The van der Waals surface area contributed by atoms with Crippen molar-refractivity contribution in [1.82, 2.24) is 0 Å². The molecule has 0 bridgehead atoms. The van der Waals surface area contributed by atoms with Crippen molar-refractivity contribution in [2.45, 2.75) is 13.8 Å². The highest BCUT2D eigenvalue weighted by atomic mass is 79.9. The second kappa shape index (κ2) is 5.10. The van der Waals surface area contributed by atoms with Crippen LogP contribution in [0.5, 0.6) is 0 Å². The largest absolute Gasteiger partial charge is 0.0883 e. The molecule has 0 aliphatic carbocycles. The normalized spacial score (nSPS) is 13.1. The average molecular weight is 175 g/mol. The van der Waals surface area contributed by atoms with Gasteiger partial charge in [0.2, 0.25) is 0 Å². The minimum Gasteiger partial charge on any atom is -0.0883 e. The minimum absolute atomic E-state index is 0.943. The second-order valence-electron chi connectivity index (χ2n) is 1.59. The van der Waals surface area contributed by atoms with Crippen molar-refractivity contribution in [3.8, 4) is 0 Å². The third kappa shape index (κ3) is 4.13. The Morgan fingerprint density at radius 3 is 2.62 bits per heavy atom. The molecule has 0 aromatic heterocycles. The van der Waals surface area contributed by atoms with Gasteiger partial charge in [-0.2, -0.15) is 0 Å².